The summed E-state index contributed by atoms with van der Waals surface area (Å²) < 4.78 is 0. The molecule has 0 atom stereocenters. The first kappa shape index (κ1) is 32.1. The van der Waals surface area contributed by atoms with Crippen LogP contribution in [0.15, 0.2) is 0 Å². The largest absolute Gasteiger partial charge is 0.197 e. The van der Waals surface area contributed by atoms with Gasteiger partial charge in [-0.3, -0.25) is 0 Å². The standard InChI is InChI=1S/Al.Cd.H2S.Zn.3H/h;;1H2;;;;. The van der Waals surface area contributed by atoms with E-state index in [2.05, 4.69) is 0 Å². The molecule has 0 nitrogen and oxygen atoms in total. The van der Waals surface area contributed by atoms with E-state index in [1.165, 1.54) is 0 Å². The van der Waals surface area contributed by atoms with Gasteiger partial charge >= 0.3 is 0 Å². The third kappa shape index (κ3) is 8.83. The molecule has 18 valence electrons. The van der Waals surface area contributed by atoms with Crippen molar-refractivity contribution in [1.82, 2.24) is 0 Å². The molecule has 0 aromatic rings. The van der Waals surface area contributed by atoms with Crippen LogP contribution in [0.25, 0.3) is 0 Å². The van der Waals surface area contributed by atoms with Crippen molar-refractivity contribution in [3.8, 4) is 0 Å². The minimum absolute atomic E-state index is 0. The zero-order valence-electron chi connectivity index (χ0n) is 1.91. The number of hydrogen-bond acceptors (Lipinski definition) is 0. The Bertz CT molecular complexity index is 8.00. The molecule has 0 aromatic heterocycles. The van der Waals surface area contributed by atoms with Crippen LogP contribution >= 0.6 is 13.5 Å². The zero-order valence-corrected chi connectivity index (χ0v) is 9.92. The van der Waals surface area contributed by atoms with Crippen molar-refractivity contribution >= 4 is 30.9 Å². The monoisotopic (exact) mass is 242 g/mol. The average molecular weight is 242 g/mol. The maximum atomic E-state index is 0. The number of rotatable bonds is 0. The molecule has 0 N–H and O–H groups in total. The van der Waals surface area contributed by atoms with Crippen LogP contribution in [-0.4, -0.2) is 17.4 Å². The smallest absolute Gasteiger partial charge is 0.187 e. The molecule has 0 aliphatic carbocycles. The van der Waals surface area contributed by atoms with Gasteiger partial charge in [0.05, 0.1) is 0 Å². The summed E-state index contributed by atoms with van der Waals surface area (Å²) in [5.41, 5.74) is 0. The van der Waals surface area contributed by atoms with Gasteiger partial charge in [0, 0.05) is 46.8 Å². The summed E-state index contributed by atoms with van der Waals surface area (Å²) in [5, 5.41) is 0. The van der Waals surface area contributed by atoms with Gasteiger partial charge in [-0.15, -0.1) is 0 Å². The van der Waals surface area contributed by atoms with E-state index in [9.17, 15) is 0 Å². The number of hydrogen-bond donors (Lipinski definition) is 0. The van der Waals surface area contributed by atoms with Crippen molar-refractivity contribution < 1.29 is 46.8 Å². The first-order valence-corrected chi connectivity index (χ1v) is 0. The Hall–Kier alpha value is 2.43. The minimum Gasteiger partial charge on any atom is -0.197 e. The third-order valence-corrected chi connectivity index (χ3v) is 0. The van der Waals surface area contributed by atoms with E-state index in [4.69, 9.17) is 0 Å². The van der Waals surface area contributed by atoms with Gasteiger partial charge in [0.1, 0.15) is 0 Å². The van der Waals surface area contributed by atoms with Gasteiger partial charge in [0.15, 0.2) is 17.4 Å². The molecule has 0 fully saturated rings. The van der Waals surface area contributed by atoms with E-state index in [0.29, 0.717) is 0 Å². The Balaban J connectivity index is 0. The van der Waals surface area contributed by atoms with Gasteiger partial charge < -0.3 is 0 Å². The van der Waals surface area contributed by atoms with E-state index in [1.54, 1.807) is 0 Å². The maximum absolute atomic E-state index is 0. The minimum atomic E-state index is 0. The Morgan fingerprint density at radius 3 is 1.00 bits per heavy atom. The van der Waals surface area contributed by atoms with Crippen LogP contribution in [0.3, 0.4) is 0 Å². The molecule has 0 aromatic carbocycles. The molecule has 0 saturated carbocycles. The van der Waals surface area contributed by atoms with Crippen LogP contribution in [0.1, 0.15) is 0 Å². The molecule has 0 rings (SSSR count). The predicted octanol–water partition coefficient (Wildman–Crippen LogP) is -1.08. The molecular weight excluding hydrogens is 237 g/mol. The molecule has 4 heteroatoms. The molecule has 0 amide bonds. The van der Waals surface area contributed by atoms with Gasteiger partial charge in [-0.1, -0.05) is 0 Å². The summed E-state index contributed by atoms with van der Waals surface area (Å²) in [5.74, 6) is 0. The fourth-order valence-corrected chi connectivity index (χ4v) is 0. The fourth-order valence-electron chi connectivity index (χ4n) is 0. The average Bonchev–Trinajstić information content (AvgIpc) is 0. The van der Waals surface area contributed by atoms with Crippen LogP contribution in [0.4, 0.5) is 0 Å². The Kier molecular flexibility index (Phi) is 145. The van der Waals surface area contributed by atoms with E-state index in [-0.39, 0.29) is 77.6 Å². The summed E-state index contributed by atoms with van der Waals surface area (Å²) in [6.45, 7) is 0. The van der Waals surface area contributed by atoms with E-state index in [0.717, 1.165) is 0 Å². The Morgan fingerprint density at radius 1 is 1.00 bits per heavy atom. The van der Waals surface area contributed by atoms with Crippen LogP contribution in [0, 0.1) is 0 Å². The molecule has 0 heterocycles. The Labute approximate surface area is 76.6 Å². The van der Waals surface area contributed by atoms with Gasteiger partial charge in [0.25, 0.3) is 0 Å². The molecule has 0 aliphatic rings. The molecule has 0 radical (unpaired) electrons. The van der Waals surface area contributed by atoms with Gasteiger partial charge in [-0.25, -0.2) is 0 Å². The van der Waals surface area contributed by atoms with Crippen molar-refractivity contribution in [2.45, 2.75) is 0 Å². The molecule has 0 aliphatic heterocycles. The van der Waals surface area contributed by atoms with E-state index < -0.39 is 0 Å². The molecule has 4 heavy (non-hydrogen) atoms. The second-order valence-electron chi connectivity index (χ2n) is 0. The second-order valence-corrected chi connectivity index (χ2v) is 0. The van der Waals surface area contributed by atoms with Crippen molar-refractivity contribution in [3.63, 3.8) is 0 Å². The van der Waals surface area contributed by atoms with Crippen molar-refractivity contribution in [1.29, 1.82) is 0 Å². The summed E-state index contributed by atoms with van der Waals surface area (Å²) in [4.78, 5) is 0. The quantitative estimate of drug-likeness (QED) is 0.474. The van der Waals surface area contributed by atoms with Crippen molar-refractivity contribution in [3.05, 3.63) is 0 Å². The first-order valence-electron chi connectivity index (χ1n) is 0. The molecule has 0 unspecified atom stereocenters. The normalized spacial score (nSPS) is 0. The molecule has 0 spiro atoms. The SMILES string of the molecule is S.[AlH3].[Cd].[Zn]. The zero-order chi connectivity index (χ0) is 0. The summed E-state index contributed by atoms with van der Waals surface area (Å²) in [6, 6.07) is 0. The molecule has 0 saturated heterocycles. The second kappa shape index (κ2) is 18.1. The van der Waals surface area contributed by atoms with Crippen LogP contribution in [-0.2, 0) is 46.8 Å². The first-order chi connectivity index (χ1) is 0. The van der Waals surface area contributed by atoms with Gasteiger partial charge in [-0.2, -0.15) is 13.5 Å². The summed E-state index contributed by atoms with van der Waals surface area (Å²) in [7, 11) is 0. The maximum Gasteiger partial charge on any atom is 0.187 e. The Morgan fingerprint density at radius 2 is 1.00 bits per heavy atom. The van der Waals surface area contributed by atoms with E-state index in [1.807, 2.05) is 0 Å². The van der Waals surface area contributed by atoms with Crippen LogP contribution < -0.4 is 0 Å². The van der Waals surface area contributed by atoms with E-state index >= 15 is 0 Å². The predicted molar refractivity (Wildman–Crippen MR) is 20.3 cm³/mol. The van der Waals surface area contributed by atoms with Gasteiger partial charge in [0.2, 0.25) is 0 Å². The third-order valence-electron chi connectivity index (χ3n) is 0. The van der Waals surface area contributed by atoms with Gasteiger partial charge in [-0.05, 0) is 0 Å². The summed E-state index contributed by atoms with van der Waals surface area (Å²) >= 11 is 0. The topological polar surface area (TPSA) is 0 Å². The van der Waals surface area contributed by atoms with Crippen LogP contribution in [0.2, 0.25) is 0 Å². The van der Waals surface area contributed by atoms with Crippen LogP contribution in [0.5, 0.6) is 0 Å². The molecular formula is H5AlCdSZn. The summed E-state index contributed by atoms with van der Waals surface area (Å²) in [6.07, 6.45) is 0. The fraction of sp³-hybridized carbons (Fsp3) is 0. The van der Waals surface area contributed by atoms with Crippen molar-refractivity contribution in [2.75, 3.05) is 0 Å². The van der Waals surface area contributed by atoms with Crippen molar-refractivity contribution in [2.24, 2.45) is 0 Å². The molecule has 0 bridgehead atoms.